The van der Waals surface area contributed by atoms with Crippen LogP contribution >= 0.6 is 11.6 Å². The van der Waals surface area contributed by atoms with Gasteiger partial charge in [-0.1, -0.05) is 48.4 Å². The molecular weight excluding hydrogens is 220 g/mol. The van der Waals surface area contributed by atoms with Crippen molar-refractivity contribution >= 4 is 22.6 Å². The SMILES string of the molecule is [2H]c1c([2H])c([2H])c(-c2c(Cl)oc3ccccc23)c([2H])c1[2H]. The highest BCUT2D eigenvalue weighted by Gasteiger charge is 2.12. The van der Waals surface area contributed by atoms with Crippen LogP contribution in [0.1, 0.15) is 6.85 Å². The Balaban J connectivity index is 2.47. The fraction of sp³-hybridized carbons (Fsp3) is 0. The lowest BCUT2D eigenvalue weighted by Gasteiger charge is -1.98. The van der Waals surface area contributed by atoms with Crippen molar-refractivity contribution in [3.8, 4) is 11.1 Å². The lowest BCUT2D eigenvalue weighted by atomic mass is 10.1. The van der Waals surface area contributed by atoms with Crippen LogP contribution in [0.3, 0.4) is 0 Å². The second-order valence-corrected chi connectivity index (χ2v) is 3.59. The van der Waals surface area contributed by atoms with Crippen molar-refractivity contribution in [2.24, 2.45) is 0 Å². The van der Waals surface area contributed by atoms with Crippen LogP contribution in [0.5, 0.6) is 0 Å². The predicted molar refractivity (Wildman–Crippen MR) is 66.7 cm³/mol. The molecule has 78 valence electrons. The van der Waals surface area contributed by atoms with Gasteiger partial charge in [-0.2, -0.15) is 0 Å². The Morgan fingerprint density at radius 3 is 2.62 bits per heavy atom. The number of hydrogen-bond donors (Lipinski definition) is 0. The molecular formula is C14H9ClO. The second-order valence-electron chi connectivity index (χ2n) is 3.25. The molecule has 0 atom stereocenters. The molecule has 0 aliphatic heterocycles. The number of furan rings is 1. The van der Waals surface area contributed by atoms with Gasteiger partial charge >= 0.3 is 0 Å². The smallest absolute Gasteiger partial charge is 0.202 e. The molecule has 0 N–H and O–H groups in total. The minimum absolute atomic E-state index is 0.00901. The monoisotopic (exact) mass is 233 g/mol. The van der Waals surface area contributed by atoms with Crippen LogP contribution < -0.4 is 0 Å². The molecule has 16 heavy (non-hydrogen) atoms. The number of fused-ring (bicyclic) bond motifs is 1. The van der Waals surface area contributed by atoms with Crippen molar-refractivity contribution in [3.63, 3.8) is 0 Å². The van der Waals surface area contributed by atoms with Gasteiger partial charge in [0.15, 0.2) is 0 Å². The van der Waals surface area contributed by atoms with E-state index in [4.69, 9.17) is 22.9 Å². The minimum Gasteiger partial charge on any atom is -0.444 e. The molecule has 0 fully saturated rings. The van der Waals surface area contributed by atoms with Gasteiger partial charge in [-0.15, -0.1) is 0 Å². The van der Waals surface area contributed by atoms with E-state index < -0.39 is 18.1 Å². The molecule has 1 nitrogen and oxygen atoms in total. The van der Waals surface area contributed by atoms with E-state index in [1.54, 1.807) is 24.3 Å². The van der Waals surface area contributed by atoms with E-state index in [1.165, 1.54) is 0 Å². The van der Waals surface area contributed by atoms with E-state index in [0.717, 1.165) is 0 Å². The Labute approximate surface area is 105 Å². The second kappa shape index (κ2) is 3.69. The number of halogens is 1. The summed E-state index contributed by atoms with van der Waals surface area (Å²) in [5, 5.41) is 0.621. The van der Waals surface area contributed by atoms with Gasteiger partial charge in [0.05, 0.1) is 6.85 Å². The molecule has 2 aromatic carbocycles. The topological polar surface area (TPSA) is 13.1 Å². The van der Waals surface area contributed by atoms with E-state index in [2.05, 4.69) is 0 Å². The molecule has 0 saturated heterocycles. The molecule has 0 bridgehead atoms. The zero-order valence-electron chi connectivity index (χ0n) is 13.1. The largest absolute Gasteiger partial charge is 0.444 e. The van der Waals surface area contributed by atoms with Gasteiger partial charge in [0.2, 0.25) is 5.22 Å². The maximum atomic E-state index is 8.01. The summed E-state index contributed by atoms with van der Waals surface area (Å²) in [6.45, 7) is 0. The third kappa shape index (κ3) is 1.41. The Kier molecular flexibility index (Phi) is 1.28. The van der Waals surface area contributed by atoms with Crippen molar-refractivity contribution in [1.29, 1.82) is 0 Å². The van der Waals surface area contributed by atoms with Crippen LogP contribution in [0.15, 0.2) is 58.9 Å². The molecule has 0 radical (unpaired) electrons. The van der Waals surface area contributed by atoms with Crippen molar-refractivity contribution in [1.82, 2.24) is 0 Å². The van der Waals surface area contributed by atoms with Crippen LogP contribution in [-0.4, -0.2) is 0 Å². The van der Waals surface area contributed by atoms with Crippen LogP contribution in [0.25, 0.3) is 22.1 Å². The molecule has 2 heteroatoms. The molecule has 1 aromatic heterocycles. The summed E-state index contributed by atoms with van der Waals surface area (Å²) in [6.07, 6.45) is 0. The summed E-state index contributed by atoms with van der Waals surface area (Å²) in [6, 6.07) is 5.17. The number of benzene rings is 2. The molecule has 1 heterocycles. The molecule has 3 rings (SSSR count). The van der Waals surface area contributed by atoms with Crippen molar-refractivity contribution < 1.29 is 11.3 Å². The molecule has 0 unspecified atom stereocenters. The normalized spacial score (nSPS) is 15.2. The Morgan fingerprint density at radius 2 is 1.81 bits per heavy atom. The Hall–Kier alpha value is -1.73. The Bertz CT molecular complexity index is 842. The van der Waals surface area contributed by atoms with Crippen LogP contribution in [0.2, 0.25) is 5.22 Å². The maximum absolute atomic E-state index is 8.01. The molecule has 0 spiro atoms. The first-order valence-corrected chi connectivity index (χ1v) is 5.05. The van der Waals surface area contributed by atoms with Gasteiger partial charge in [-0.05, 0) is 23.2 Å². The quantitative estimate of drug-likeness (QED) is 0.591. The number of para-hydroxylation sites is 1. The molecule has 0 saturated carbocycles. The van der Waals surface area contributed by atoms with Crippen molar-refractivity contribution in [3.05, 3.63) is 59.7 Å². The first kappa shape index (κ1) is 5.55. The highest BCUT2D eigenvalue weighted by molar-refractivity contribution is 6.33. The fourth-order valence-electron chi connectivity index (χ4n) is 1.62. The van der Waals surface area contributed by atoms with Gasteiger partial charge in [0, 0.05) is 10.9 Å². The highest BCUT2D eigenvalue weighted by Crippen LogP contribution is 2.37. The number of rotatable bonds is 1. The third-order valence-corrected chi connectivity index (χ3v) is 2.57. The van der Waals surface area contributed by atoms with E-state index in [-0.39, 0.29) is 22.9 Å². The molecule has 0 amide bonds. The van der Waals surface area contributed by atoms with Gasteiger partial charge in [0.1, 0.15) is 5.58 Å². The average Bonchev–Trinajstić information content (AvgIpc) is 2.80. The molecule has 0 aliphatic carbocycles. The lowest BCUT2D eigenvalue weighted by Crippen LogP contribution is -1.74. The fourth-order valence-corrected chi connectivity index (χ4v) is 1.90. The lowest BCUT2D eigenvalue weighted by molar-refractivity contribution is 0.619. The zero-order chi connectivity index (χ0) is 15.3. The summed E-state index contributed by atoms with van der Waals surface area (Å²) in [4.78, 5) is 0. The molecule has 0 aliphatic rings. The minimum atomic E-state index is -0.433. The summed E-state index contributed by atoms with van der Waals surface area (Å²) in [5.74, 6) is 0. The summed E-state index contributed by atoms with van der Waals surface area (Å²) >= 11 is 6.09. The van der Waals surface area contributed by atoms with Crippen molar-refractivity contribution in [2.45, 2.75) is 0 Å². The number of hydrogen-bond acceptors (Lipinski definition) is 1. The van der Waals surface area contributed by atoms with Crippen LogP contribution in [0, 0.1) is 0 Å². The van der Waals surface area contributed by atoms with Gasteiger partial charge < -0.3 is 4.42 Å². The van der Waals surface area contributed by atoms with Crippen LogP contribution in [0.4, 0.5) is 0 Å². The van der Waals surface area contributed by atoms with E-state index in [1.807, 2.05) is 0 Å². The summed E-state index contributed by atoms with van der Waals surface area (Å²) in [7, 11) is 0. The van der Waals surface area contributed by atoms with Crippen molar-refractivity contribution in [2.75, 3.05) is 0 Å². The van der Waals surface area contributed by atoms with E-state index in [0.29, 0.717) is 16.5 Å². The molecule has 3 aromatic rings. The average molecular weight is 234 g/mol. The van der Waals surface area contributed by atoms with Gasteiger partial charge in [0.25, 0.3) is 0 Å². The first-order chi connectivity index (χ1) is 9.93. The van der Waals surface area contributed by atoms with Crippen LogP contribution in [-0.2, 0) is 0 Å². The summed E-state index contributed by atoms with van der Waals surface area (Å²) < 4.78 is 44.5. The van der Waals surface area contributed by atoms with E-state index >= 15 is 0 Å². The predicted octanol–water partition coefficient (Wildman–Crippen LogP) is 4.75. The van der Waals surface area contributed by atoms with E-state index in [9.17, 15) is 0 Å². The zero-order valence-corrected chi connectivity index (χ0v) is 8.85. The highest BCUT2D eigenvalue weighted by atomic mass is 35.5. The maximum Gasteiger partial charge on any atom is 0.202 e. The van der Waals surface area contributed by atoms with Gasteiger partial charge in [-0.3, -0.25) is 0 Å². The summed E-state index contributed by atoms with van der Waals surface area (Å²) in [5.41, 5.74) is 0.879. The standard InChI is InChI=1S/C14H9ClO/c15-14-13(10-6-2-1-3-7-10)11-8-4-5-9-12(11)16-14/h1-9H/i1D,2D,3D,6D,7D. The first-order valence-electron chi connectivity index (χ1n) is 7.17. The van der Waals surface area contributed by atoms with Gasteiger partial charge in [-0.25, -0.2) is 0 Å². The third-order valence-electron chi connectivity index (χ3n) is 2.30. The Morgan fingerprint density at radius 1 is 1.06 bits per heavy atom.